The number of hydrogen-bond donors (Lipinski definition) is 2. The quantitative estimate of drug-likeness (QED) is 0.853. The number of halogens is 3. The van der Waals surface area contributed by atoms with Crippen molar-refractivity contribution in [2.24, 2.45) is 0 Å². The number of hydrogen-bond acceptors (Lipinski definition) is 3. The average Bonchev–Trinajstić information content (AvgIpc) is 2.96. The lowest BCUT2D eigenvalue weighted by Gasteiger charge is -2.22. The van der Waals surface area contributed by atoms with Gasteiger partial charge < -0.3 is 10.4 Å². The lowest BCUT2D eigenvalue weighted by molar-refractivity contribution is 0.0530. The smallest absolute Gasteiger partial charge is 0.251 e. The van der Waals surface area contributed by atoms with Crippen LogP contribution in [0.1, 0.15) is 22.8 Å². The minimum Gasteiger partial charge on any atom is -0.384 e. The zero-order valence-electron chi connectivity index (χ0n) is 11.0. The van der Waals surface area contributed by atoms with Gasteiger partial charge in [-0.1, -0.05) is 0 Å². The summed E-state index contributed by atoms with van der Waals surface area (Å²) in [4.78, 5) is 11.8. The lowest BCUT2D eigenvalue weighted by atomic mass is 9.99. The van der Waals surface area contributed by atoms with E-state index in [1.807, 2.05) is 0 Å². The molecule has 2 aromatic rings. The molecular weight excluding hydrogens is 303 g/mol. The first kappa shape index (κ1) is 15.5. The summed E-state index contributed by atoms with van der Waals surface area (Å²) in [7, 11) is 0. The van der Waals surface area contributed by atoms with Gasteiger partial charge in [0.05, 0.1) is 6.54 Å². The summed E-state index contributed by atoms with van der Waals surface area (Å²) in [6.45, 7) is 1.35. The predicted molar refractivity (Wildman–Crippen MR) is 72.5 cm³/mol. The first-order valence-corrected chi connectivity index (χ1v) is 6.93. The van der Waals surface area contributed by atoms with Gasteiger partial charge in [-0.2, -0.15) is 11.3 Å². The Bertz CT molecular complexity index is 633. The van der Waals surface area contributed by atoms with Gasteiger partial charge in [0.15, 0.2) is 17.5 Å². The summed E-state index contributed by atoms with van der Waals surface area (Å²) < 4.78 is 38.9. The Morgan fingerprint density at radius 2 is 1.95 bits per heavy atom. The number of thiophene rings is 1. The summed E-state index contributed by atoms with van der Waals surface area (Å²) in [6.07, 6.45) is 0. The summed E-state index contributed by atoms with van der Waals surface area (Å²) in [5.41, 5.74) is -1.05. The van der Waals surface area contributed by atoms with E-state index in [1.54, 1.807) is 16.8 Å². The van der Waals surface area contributed by atoms with Crippen LogP contribution in [0.5, 0.6) is 0 Å². The summed E-state index contributed by atoms with van der Waals surface area (Å²) >= 11 is 1.39. The van der Waals surface area contributed by atoms with Crippen molar-refractivity contribution in [2.45, 2.75) is 12.5 Å². The normalized spacial score (nSPS) is 13.8. The molecule has 0 saturated carbocycles. The van der Waals surface area contributed by atoms with Gasteiger partial charge in [0.25, 0.3) is 5.91 Å². The molecule has 1 atom stereocenters. The van der Waals surface area contributed by atoms with E-state index < -0.39 is 29.0 Å². The van der Waals surface area contributed by atoms with Gasteiger partial charge in [-0.25, -0.2) is 13.2 Å². The lowest BCUT2D eigenvalue weighted by Crippen LogP contribution is -2.38. The molecule has 0 spiro atoms. The highest BCUT2D eigenvalue weighted by atomic mass is 32.1. The van der Waals surface area contributed by atoms with Crippen LogP contribution in [0.4, 0.5) is 13.2 Å². The standard InChI is InChI=1S/C14H12F3NO2S/c1-14(20,9-2-3-21-6-9)7-18-13(19)8-4-10(15)12(17)11(16)5-8/h2-6,20H,7H2,1H3,(H,18,19)/t14-/m1/s1. The van der Waals surface area contributed by atoms with Crippen molar-refractivity contribution in [1.29, 1.82) is 0 Å². The van der Waals surface area contributed by atoms with Crippen LogP contribution >= 0.6 is 11.3 Å². The Morgan fingerprint density at radius 3 is 2.48 bits per heavy atom. The van der Waals surface area contributed by atoms with Gasteiger partial charge >= 0.3 is 0 Å². The van der Waals surface area contributed by atoms with Gasteiger partial charge in [-0.3, -0.25) is 4.79 Å². The van der Waals surface area contributed by atoms with Crippen molar-refractivity contribution in [2.75, 3.05) is 6.54 Å². The molecule has 0 bridgehead atoms. The van der Waals surface area contributed by atoms with E-state index in [-0.39, 0.29) is 12.1 Å². The first-order chi connectivity index (χ1) is 9.81. The fourth-order valence-electron chi connectivity index (χ4n) is 1.71. The Labute approximate surface area is 123 Å². The number of nitrogens with one attached hydrogen (secondary N) is 1. The highest BCUT2D eigenvalue weighted by Gasteiger charge is 2.25. The zero-order valence-corrected chi connectivity index (χ0v) is 11.8. The number of carbonyl (C=O) groups is 1. The molecule has 0 radical (unpaired) electrons. The average molecular weight is 315 g/mol. The van der Waals surface area contributed by atoms with E-state index in [4.69, 9.17) is 0 Å². The summed E-state index contributed by atoms with van der Waals surface area (Å²) in [5.74, 6) is -5.31. The molecule has 1 amide bonds. The maximum absolute atomic E-state index is 13.1. The molecule has 1 heterocycles. The maximum atomic E-state index is 13.1. The summed E-state index contributed by atoms with van der Waals surface area (Å²) in [6, 6.07) is 2.91. The van der Waals surface area contributed by atoms with Crippen LogP contribution in [-0.2, 0) is 5.60 Å². The minimum atomic E-state index is -1.63. The van der Waals surface area contributed by atoms with E-state index in [1.165, 1.54) is 18.3 Å². The monoisotopic (exact) mass is 315 g/mol. The van der Waals surface area contributed by atoms with Crippen molar-refractivity contribution >= 4 is 17.2 Å². The van der Waals surface area contributed by atoms with Crippen molar-refractivity contribution < 1.29 is 23.1 Å². The van der Waals surface area contributed by atoms with E-state index in [9.17, 15) is 23.1 Å². The van der Waals surface area contributed by atoms with Crippen LogP contribution in [0.3, 0.4) is 0 Å². The SMILES string of the molecule is C[C@@](O)(CNC(=O)c1cc(F)c(F)c(F)c1)c1ccsc1. The summed E-state index contributed by atoms with van der Waals surface area (Å²) in [5, 5.41) is 16.1. The molecule has 2 N–H and O–H groups in total. The second kappa shape index (κ2) is 5.87. The van der Waals surface area contributed by atoms with Crippen LogP contribution < -0.4 is 5.32 Å². The Hall–Kier alpha value is -1.86. The maximum Gasteiger partial charge on any atom is 0.251 e. The molecule has 3 nitrogen and oxygen atoms in total. The zero-order chi connectivity index (χ0) is 15.6. The van der Waals surface area contributed by atoms with E-state index in [2.05, 4.69) is 5.32 Å². The van der Waals surface area contributed by atoms with Crippen molar-refractivity contribution in [3.8, 4) is 0 Å². The van der Waals surface area contributed by atoms with Crippen LogP contribution in [0.25, 0.3) is 0 Å². The fraction of sp³-hybridized carbons (Fsp3) is 0.214. The molecule has 0 aliphatic rings. The van der Waals surface area contributed by atoms with E-state index in [0.717, 1.165) is 0 Å². The van der Waals surface area contributed by atoms with Gasteiger partial charge in [0.2, 0.25) is 0 Å². The molecule has 0 unspecified atom stereocenters. The number of benzene rings is 1. The number of amides is 1. The molecule has 1 aromatic carbocycles. The van der Waals surface area contributed by atoms with Crippen LogP contribution in [0, 0.1) is 17.5 Å². The van der Waals surface area contributed by atoms with Gasteiger partial charge in [-0.15, -0.1) is 0 Å². The number of aliphatic hydroxyl groups is 1. The third-order valence-corrected chi connectivity index (χ3v) is 3.67. The Kier molecular flexibility index (Phi) is 4.34. The topological polar surface area (TPSA) is 49.3 Å². The number of rotatable bonds is 4. The van der Waals surface area contributed by atoms with Gasteiger partial charge in [0.1, 0.15) is 5.60 Å². The van der Waals surface area contributed by atoms with Gasteiger partial charge in [-0.05, 0) is 41.4 Å². The Balaban J connectivity index is 2.09. The van der Waals surface area contributed by atoms with E-state index in [0.29, 0.717) is 17.7 Å². The molecular formula is C14H12F3NO2S. The second-order valence-corrected chi connectivity index (χ2v) is 5.50. The highest BCUT2D eigenvalue weighted by Crippen LogP contribution is 2.22. The number of carbonyl (C=O) groups excluding carboxylic acids is 1. The molecule has 1 aromatic heterocycles. The van der Waals surface area contributed by atoms with Crippen molar-refractivity contribution in [1.82, 2.24) is 5.32 Å². The third-order valence-electron chi connectivity index (χ3n) is 2.98. The fourth-order valence-corrected chi connectivity index (χ4v) is 2.50. The molecule has 7 heteroatoms. The molecule has 2 rings (SSSR count). The highest BCUT2D eigenvalue weighted by molar-refractivity contribution is 7.08. The minimum absolute atomic E-state index is 0.150. The largest absolute Gasteiger partial charge is 0.384 e. The molecule has 0 fully saturated rings. The molecule has 21 heavy (non-hydrogen) atoms. The molecule has 0 aliphatic carbocycles. The van der Waals surface area contributed by atoms with Crippen molar-refractivity contribution in [3.05, 3.63) is 57.5 Å². The third kappa shape index (κ3) is 3.43. The van der Waals surface area contributed by atoms with Crippen LogP contribution in [-0.4, -0.2) is 17.6 Å². The molecule has 0 saturated heterocycles. The molecule has 0 aliphatic heterocycles. The van der Waals surface area contributed by atoms with Gasteiger partial charge in [0, 0.05) is 5.56 Å². The predicted octanol–water partition coefficient (Wildman–Crippen LogP) is 2.80. The van der Waals surface area contributed by atoms with Crippen LogP contribution in [0.15, 0.2) is 29.0 Å². The van der Waals surface area contributed by atoms with Crippen molar-refractivity contribution in [3.63, 3.8) is 0 Å². The Morgan fingerprint density at radius 1 is 1.33 bits per heavy atom. The van der Waals surface area contributed by atoms with E-state index >= 15 is 0 Å². The molecule has 112 valence electrons. The second-order valence-electron chi connectivity index (χ2n) is 4.72. The van der Waals surface area contributed by atoms with Crippen LogP contribution in [0.2, 0.25) is 0 Å². The first-order valence-electron chi connectivity index (χ1n) is 5.99.